The molecule has 0 bridgehead atoms. The van der Waals surface area contributed by atoms with Crippen LogP contribution in [0.3, 0.4) is 0 Å². The highest BCUT2D eigenvalue weighted by Crippen LogP contribution is 2.27. The fourth-order valence-electron chi connectivity index (χ4n) is 3.39. The molecule has 0 saturated heterocycles. The Labute approximate surface area is 160 Å². The first-order valence-corrected chi connectivity index (χ1v) is 9.30. The van der Waals surface area contributed by atoms with Crippen molar-refractivity contribution in [3.63, 3.8) is 0 Å². The number of nitrogens with zero attached hydrogens (tertiary/aromatic N) is 1. The Bertz CT molecular complexity index is 822. The van der Waals surface area contributed by atoms with Gasteiger partial charge in [-0.3, -0.25) is 4.79 Å². The topological polar surface area (TPSA) is 46.6 Å². The van der Waals surface area contributed by atoms with Gasteiger partial charge in [-0.2, -0.15) is 0 Å². The normalized spacial score (nSPS) is 18.7. The average molecular weight is 363 g/mol. The van der Waals surface area contributed by atoms with Gasteiger partial charge >= 0.3 is 5.97 Å². The Hall–Kier alpha value is -2.72. The molecule has 140 valence electrons. The highest BCUT2D eigenvalue weighted by Gasteiger charge is 2.26. The van der Waals surface area contributed by atoms with Gasteiger partial charge in [0.05, 0.1) is 5.56 Å². The molecule has 0 heterocycles. The largest absolute Gasteiger partial charge is 0.423 e. The van der Waals surface area contributed by atoms with E-state index in [1.807, 2.05) is 38.4 Å². The highest BCUT2D eigenvalue weighted by atomic mass is 16.5. The van der Waals surface area contributed by atoms with Crippen molar-refractivity contribution < 1.29 is 14.3 Å². The number of carbonyl (C=O) groups excluding carboxylic acids is 2. The summed E-state index contributed by atoms with van der Waals surface area (Å²) in [6.45, 7) is 0.796. The molecule has 4 nitrogen and oxygen atoms in total. The second-order valence-corrected chi connectivity index (χ2v) is 7.21. The third-order valence-corrected chi connectivity index (χ3v) is 4.71. The maximum atomic E-state index is 12.7. The van der Waals surface area contributed by atoms with E-state index in [4.69, 9.17) is 4.74 Å². The van der Waals surface area contributed by atoms with Crippen molar-refractivity contribution in [3.8, 4) is 5.75 Å². The third-order valence-electron chi connectivity index (χ3n) is 4.71. The predicted molar refractivity (Wildman–Crippen MR) is 107 cm³/mol. The first-order valence-electron chi connectivity index (χ1n) is 9.30. The molecule has 0 aromatic heterocycles. The molecule has 2 aromatic rings. The molecule has 1 aliphatic carbocycles. The number of esters is 1. The smallest absolute Gasteiger partial charge is 0.343 e. The van der Waals surface area contributed by atoms with Crippen molar-refractivity contribution in [2.45, 2.75) is 19.3 Å². The van der Waals surface area contributed by atoms with Crippen molar-refractivity contribution in [3.05, 3.63) is 71.3 Å². The molecule has 1 aliphatic rings. The molecule has 0 aliphatic heterocycles. The summed E-state index contributed by atoms with van der Waals surface area (Å²) in [6, 6.07) is 16.2. The zero-order valence-electron chi connectivity index (χ0n) is 15.9. The molecule has 1 fully saturated rings. The SMILES string of the molecule is CN(C)CC1CCC/C(=C\c2ccc(OC(=O)c3ccccc3)cc2)C1=O. The van der Waals surface area contributed by atoms with Gasteiger partial charge in [0.2, 0.25) is 0 Å². The quantitative estimate of drug-likeness (QED) is 0.453. The van der Waals surface area contributed by atoms with Crippen LogP contribution >= 0.6 is 0 Å². The zero-order valence-corrected chi connectivity index (χ0v) is 15.9. The monoisotopic (exact) mass is 363 g/mol. The van der Waals surface area contributed by atoms with Crippen molar-refractivity contribution >= 4 is 17.8 Å². The molecular weight excluding hydrogens is 338 g/mol. The summed E-state index contributed by atoms with van der Waals surface area (Å²) < 4.78 is 5.40. The van der Waals surface area contributed by atoms with E-state index < -0.39 is 0 Å². The number of hydrogen-bond acceptors (Lipinski definition) is 4. The second kappa shape index (κ2) is 8.78. The summed E-state index contributed by atoms with van der Waals surface area (Å²) in [5, 5.41) is 0. The molecular formula is C23H25NO3. The van der Waals surface area contributed by atoms with Crippen LogP contribution in [0.25, 0.3) is 6.08 Å². The number of ether oxygens (including phenoxy) is 1. The number of hydrogen-bond donors (Lipinski definition) is 0. The van der Waals surface area contributed by atoms with E-state index >= 15 is 0 Å². The third kappa shape index (κ3) is 5.14. The Kier molecular flexibility index (Phi) is 6.20. The van der Waals surface area contributed by atoms with Gasteiger partial charge in [-0.25, -0.2) is 4.79 Å². The first-order chi connectivity index (χ1) is 13.0. The number of rotatable bonds is 5. The number of carbonyl (C=O) groups is 2. The Morgan fingerprint density at radius 1 is 1.11 bits per heavy atom. The number of allylic oxidation sites excluding steroid dienone is 1. The van der Waals surface area contributed by atoms with Crippen LogP contribution in [0.2, 0.25) is 0 Å². The first kappa shape index (κ1) is 19.1. The summed E-state index contributed by atoms with van der Waals surface area (Å²) in [5.74, 6) is 0.461. The van der Waals surface area contributed by atoms with Crippen LogP contribution in [0.5, 0.6) is 5.75 Å². The van der Waals surface area contributed by atoms with E-state index in [1.165, 1.54) is 0 Å². The lowest BCUT2D eigenvalue weighted by Gasteiger charge is -2.25. The van der Waals surface area contributed by atoms with Gasteiger partial charge in [0.1, 0.15) is 5.75 Å². The van der Waals surface area contributed by atoms with Gasteiger partial charge in [-0.1, -0.05) is 30.3 Å². The van der Waals surface area contributed by atoms with Crippen LogP contribution in [0, 0.1) is 5.92 Å². The molecule has 2 aromatic carbocycles. The molecule has 4 heteroatoms. The highest BCUT2D eigenvalue weighted by molar-refractivity contribution is 6.01. The fourth-order valence-corrected chi connectivity index (χ4v) is 3.39. The number of Topliss-reactive ketones (excluding diaryl/α,β-unsaturated/α-hetero) is 1. The standard InChI is InChI=1S/C23H25NO3/c1-24(2)16-20-10-6-9-19(22(20)25)15-17-11-13-21(14-12-17)27-23(26)18-7-4-3-5-8-18/h3-5,7-8,11-15,20H,6,9-10,16H2,1-2H3/b19-15+. The van der Waals surface area contributed by atoms with Crippen LogP contribution in [-0.2, 0) is 4.79 Å². The van der Waals surface area contributed by atoms with Crippen molar-refractivity contribution in [1.29, 1.82) is 0 Å². The van der Waals surface area contributed by atoms with Crippen molar-refractivity contribution in [2.75, 3.05) is 20.6 Å². The van der Waals surface area contributed by atoms with E-state index in [9.17, 15) is 9.59 Å². The molecule has 27 heavy (non-hydrogen) atoms. The van der Waals surface area contributed by atoms with Gasteiger partial charge in [-0.05, 0) is 74.8 Å². The van der Waals surface area contributed by atoms with Crippen molar-refractivity contribution in [1.82, 2.24) is 4.90 Å². The van der Waals surface area contributed by atoms with Crippen LogP contribution in [0.1, 0.15) is 35.2 Å². The summed E-state index contributed by atoms with van der Waals surface area (Å²) >= 11 is 0. The van der Waals surface area contributed by atoms with E-state index in [0.29, 0.717) is 11.3 Å². The van der Waals surface area contributed by atoms with E-state index in [1.54, 1.807) is 36.4 Å². The summed E-state index contributed by atoms with van der Waals surface area (Å²) in [6.07, 6.45) is 4.80. The molecule has 0 N–H and O–H groups in total. The van der Waals surface area contributed by atoms with E-state index in [0.717, 1.165) is 36.9 Å². The minimum Gasteiger partial charge on any atom is -0.423 e. The molecule has 0 amide bonds. The van der Waals surface area contributed by atoms with E-state index in [2.05, 4.69) is 4.90 Å². The number of ketones is 1. The lowest BCUT2D eigenvalue weighted by Crippen LogP contribution is -2.31. The van der Waals surface area contributed by atoms with Gasteiger partial charge in [0.15, 0.2) is 5.78 Å². The molecule has 1 unspecified atom stereocenters. The minimum atomic E-state index is -0.379. The molecule has 1 atom stereocenters. The molecule has 0 spiro atoms. The van der Waals surface area contributed by atoms with Gasteiger partial charge < -0.3 is 9.64 Å². The van der Waals surface area contributed by atoms with Crippen molar-refractivity contribution in [2.24, 2.45) is 5.92 Å². The molecule has 3 rings (SSSR count). The fraction of sp³-hybridized carbons (Fsp3) is 0.304. The van der Waals surface area contributed by atoms with Gasteiger partial charge in [0.25, 0.3) is 0 Å². The Morgan fingerprint density at radius 2 is 1.81 bits per heavy atom. The summed E-state index contributed by atoms with van der Waals surface area (Å²) in [5.41, 5.74) is 2.36. The lowest BCUT2D eigenvalue weighted by molar-refractivity contribution is -0.120. The lowest BCUT2D eigenvalue weighted by atomic mass is 9.83. The average Bonchev–Trinajstić information content (AvgIpc) is 2.67. The van der Waals surface area contributed by atoms with Gasteiger partial charge in [0, 0.05) is 12.5 Å². The van der Waals surface area contributed by atoms with E-state index in [-0.39, 0.29) is 17.7 Å². The number of benzene rings is 2. The minimum absolute atomic E-state index is 0.0890. The van der Waals surface area contributed by atoms with Crippen LogP contribution in [0.4, 0.5) is 0 Å². The Balaban J connectivity index is 1.67. The molecule has 1 saturated carbocycles. The predicted octanol–water partition coefficient (Wildman–Crippen LogP) is 4.22. The van der Waals surface area contributed by atoms with Crippen LogP contribution in [-0.4, -0.2) is 37.3 Å². The van der Waals surface area contributed by atoms with Gasteiger partial charge in [-0.15, -0.1) is 0 Å². The zero-order chi connectivity index (χ0) is 19.2. The Morgan fingerprint density at radius 3 is 2.48 bits per heavy atom. The summed E-state index contributed by atoms with van der Waals surface area (Å²) in [7, 11) is 4.00. The summed E-state index contributed by atoms with van der Waals surface area (Å²) in [4.78, 5) is 26.8. The molecule has 0 radical (unpaired) electrons. The maximum absolute atomic E-state index is 12.7. The van der Waals surface area contributed by atoms with Crippen LogP contribution < -0.4 is 4.74 Å². The van der Waals surface area contributed by atoms with Crippen LogP contribution in [0.15, 0.2) is 60.2 Å². The maximum Gasteiger partial charge on any atom is 0.343 e. The second-order valence-electron chi connectivity index (χ2n) is 7.21.